The molecule has 0 bridgehead atoms. The maximum Gasteiger partial charge on any atom is 0.0410 e. The first-order valence-electron chi connectivity index (χ1n) is 5.13. The minimum absolute atomic E-state index is 0.240. The SMILES string of the molecule is CC1(C)CCCNc2ccc(Cl)cc21. The van der Waals surface area contributed by atoms with Crippen molar-refractivity contribution >= 4 is 17.3 Å². The lowest BCUT2D eigenvalue weighted by molar-refractivity contribution is 0.478. The highest BCUT2D eigenvalue weighted by molar-refractivity contribution is 6.30. The van der Waals surface area contributed by atoms with E-state index in [9.17, 15) is 0 Å². The third kappa shape index (κ3) is 1.74. The van der Waals surface area contributed by atoms with Crippen LogP contribution in [0.4, 0.5) is 5.69 Å². The van der Waals surface area contributed by atoms with Crippen LogP contribution in [-0.2, 0) is 5.41 Å². The van der Waals surface area contributed by atoms with Gasteiger partial charge in [0, 0.05) is 17.3 Å². The predicted octanol–water partition coefficient (Wildman–Crippen LogP) is 3.82. The van der Waals surface area contributed by atoms with E-state index in [1.807, 2.05) is 6.07 Å². The lowest BCUT2D eigenvalue weighted by atomic mass is 9.80. The van der Waals surface area contributed by atoms with Gasteiger partial charge in [-0.25, -0.2) is 0 Å². The van der Waals surface area contributed by atoms with Crippen LogP contribution in [0.5, 0.6) is 0 Å². The van der Waals surface area contributed by atoms with E-state index in [2.05, 4.69) is 31.3 Å². The molecule has 1 aromatic carbocycles. The van der Waals surface area contributed by atoms with Gasteiger partial charge in [-0.15, -0.1) is 0 Å². The zero-order chi connectivity index (χ0) is 10.2. The average Bonchev–Trinajstić information content (AvgIpc) is 2.26. The molecule has 14 heavy (non-hydrogen) atoms. The molecule has 1 heterocycles. The lowest BCUT2D eigenvalue weighted by Crippen LogP contribution is -2.16. The second kappa shape index (κ2) is 3.47. The summed E-state index contributed by atoms with van der Waals surface area (Å²) in [7, 11) is 0. The average molecular weight is 210 g/mol. The molecule has 0 amide bonds. The highest BCUT2D eigenvalue weighted by Gasteiger charge is 2.25. The number of anilines is 1. The fraction of sp³-hybridized carbons (Fsp3) is 0.500. The number of fused-ring (bicyclic) bond motifs is 1. The standard InChI is InChI=1S/C12H16ClN/c1-12(2)6-3-7-14-11-5-4-9(13)8-10(11)12/h4-5,8,14H,3,6-7H2,1-2H3. The number of hydrogen-bond acceptors (Lipinski definition) is 1. The first-order chi connectivity index (χ1) is 6.59. The summed E-state index contributed by atoms with van der Waals surface area (Å²) in [5, 5.41) is 4.28. The third-order valence-electron chi connectivity index (χ3n) is 3.00. The van der Waals surface area contributed by atoms with Crippen LogP contribution in [0.1, 0.15) is 32.3 Å². The van der Waals surface area contributed by atoms with E-state index in [-0.39, 0.29) is 5.41 Å². The smallest absolute Gasteiger partial charge is 0.0410 e. The van der Waals surface area contributed by atoms with Gasteiger partial charge in [0.1, 0.15) is 0 Å². The summed E-state index contributed by atoms with van der Waals surface area (Å²) in [6.45, 7) is 5.64. The van der Waals surface area contributed by atoms with Gasteiger partial charge >= 0.3 is 0 Å². The summed E-state index contributed by atoms with van der Waals surface area (Å²) in [5.41, 5.74) is 2.84. The van der Waals surface area contributed by atoms with Gasteiger partial charge in [0.15, 0.2) is 0 Å². The number of benzene rings is 1. The van der Waals surface area contributed by atoms with Gasteiger partial charge in [0.2, 0.25) is 0 Å². The molecule has 1 aliphatic rings. The van der Waals surface area contributed by atoms with Crippen LogP contribution < -0.4 is 5.32 Å². The molecule has 76 valence electrons. The summed E-state index contributed by atoms with van der Waals surface area (Å²) in [6.07, 6.45) is 2.44. The minimum Gasteiger partial charge on any atom is -0.385 e. The molecule has 0 unspecified atom stereocenters. The molecule has 1 nitrogen and oxygen atoms in total. The molecule has 1 aliphatic heterocycles. The monoisotopic (exact) mass is 209 g/mol. The Balaban J connectivity index is 2.52. The van der Waals surface area contributed by atoms with Gasteiger partial charge < -0.3 is 5.32 Å². The molecule has 0 fully saturated rings. The van der Waals surface area contributed by atoms with Crippen LogP contribution in [-0.4, -0.2) is 6.54 Å². The Morgan fingerprint density at radius 2 is 2.14 bits per heavy atom. The highest BCUT2D eigenvalue weighted by Crippen LogP contribution is 2.37. The summed E-state index contributed by atoms with van der Waals surface area (Å²) in [6, 6.07) is 6.13. The molecule has 0 radical (unpaired) electrons. The van der Waals surface area contributed by atoms with Crippen molar-refractivity contribution in [3.8, 4) is 0 Å². The quantitative estimate of drug-likeness (QED) is 0.685. The van der Waals surface area contributed by atoms with Crippen LogP contribution in [0.25, 0.3) is 0 Å². The van der Waals surface area contributed by atoms with Crippen molar-refractivity contribution in [3.63, 3.8) is 0 Å². The molecule has 1 N–H and O–H groups in total. The molecule has 1 aromatic rings. The summed E-state index contributed by atoms with van der Waals surface area (Å²) < 4.78 is 0. The van der Waals surface area contributed by atoms with Crippen LogP contribution >= 0.6 is 11.6 Å². The van der Waals surface area contributed by atoms with Crippen molar-refractivity contribution in [1.82, 2.24) is 0 Å². The van der Waals surface area contributed by atoms with Crippen molar-refractivity contribution < 1.29 is 0 Å². The van der Waals surface area contributed by atoms with E-state index in [1.54, 1.807) is 0 Å². The zero-order valence-corrected chi connectivity index (χ0v) is 9.49. The van der Waals surface area contributed by atoms with Gasteiger partial charge in [0.25, 0.3) is 0 Å². The zero-order valence-electron chi connectivity index (χ0n) is 8.73. The molecule has 0 aliphatic carbocycles. The van der Waals surface area contributed by atoms with Crippen molar-refractivity contribution in [1.29, 1.82) is 0 Å². The summed E-state index contributed by atoms with van der Waals surface area (Å²) in [4.78, 5) is 0. The maximum absolute atomic E-state index is 6.03. The molecule has 2 heteroatoms. The first kappa shape index (κ1) is 9.85. The Kier molecular flexibility index (Phi) is 2.44. The highest BCUT2D eigenvalue weighted by atomic mass is 35.5. The minimum atomic E-state index is 0.240. The third-order valence-corrected chi connectivity index (χ3v) is 3.24. The predicted molar refractivity (Wildman–Crippen MR) is 62.2 cm³/mol. The van der Waals surface area contributed by atoms with E-state index in [1.165, 1.54) is 24.1 Å². The van der Waals surface area contributed by atoms with Crippen LogP contribution in [0, 0.1) is 0 Å². The summed E-state index contributed by atoms with van der Waals surface area (Å²) in [5.74, 6) is 0. The number of nitrogens with one attached hydrogen (secondary N) is 1. The van der Waals surface area contributed by atoms with Gasteiger partial charge in [-0.1, -0.05) is 25.4 Å². The topological polar surface area (TPSA) is 12.0 Å². The molecule has 0 spiro atoms. The van der Waals surface area contributed by atoms with Crippen LogP contribution in [0.3, 0.4) is 0 Å². The van der Waals surface area contributed by atoms with Crippen molar-refractivity contribution in [2.45, 2.75) is 32.1 Å². The van der Waals surface area contributed by atoms with E-state index >= 15 is 0 Å². The number of rotatable bonds is 0. The van der Waals surface area contributed by atoms with E-state index < -0.39 is 0 Å². The number of hydrogen-bond donors (Lipinski definition) is 1. The molecular formula is C12H16ClN. The van der Waals surface area contributed by atoms with Crippen LogP contribution in [0.15, 0.2) is 18.2 Å². The van der Waals surface area contributed by atoms with Crippen molar-refractivity contribution in [3.05, 3.63) is 28.8 Å². The number of halogens is 1. The summed E-state index contributed by atoms with van der Waals surface area (Å²) >= 11 is 6.03. The Labute approximate surface area is 90.5 Å². The molecule has 0 atom stereocenters. The Morgan fingerprint density at radius 3 is 2.93 bits per heavy atom. The lowest BCUT2D eigenvalue weighted by Gasteiger charge is -2.24. The molecule has 2 rings (SSSR count). The molecule has 0 saturated heterocycles. The van der Waals surface area contributed by atoms with E-state index in [0.29, 0.717) is 0 Å². The Hall–Kier alpha value is -0.690. The second-order valence-corrected chi connectivity index (χ2v) is 5.04. The fourth-order valence-electron chi connectivity index (χ4n) is 2.12. The first-order valence-corrected chi connectivity index (χ1v) is 5.51. The fourth-order valence-corrected chi connectivity index (χ4v) is 2.29. The van der Waals surface area contributed by atoms with Crippen molar-refractivity contribution in [2.24, 2.45) is 0 Å². The molecular weight excluding hydrogens is 194 g/mol. The second-order valence-electron chi connectivity index (χ2n) is 4.60. The Morgan fingerprint density at radius 1 is 1.36 bits per heavy atom. The van der Waals surface area contributed by atoms with Crippen LogP contribution in [0.2, 0.25) is 5.02 Å². The molecule has 0 saturated carbocycles. The van der Waals surface area contributed by atoms with E-state index in [4.69, 9.17) is 11.6 Å². The van der Waals surface area contributed by atoms with Crippen molar-refractivity contribution in [2.75, 3.05) is 11.9 Å². The van der Waals surface area contributed by atoms with Gasteiger partial charge in [-0.3, -0.25) is 0 Å². The molecule has 0 aromatic heterocycles. The van der Waals surface area contributed by atoms with Gasteiger partial charge in [-0.05, 0) is 42.0 Å². The van der Waals surface area contributed by atoms with Gasteiger partial charge in [-0.2, -0.15) is 0 Å². The maximum atomic E-state index is 6.03. The van der Waals surface area contributed by atoms with E-state index in [0.717, 1.165) is 11.6 Å². The largest absolute Gasteiger partial charge is 0.385 e. The normalized spacial score (nSPS) is 19.4. The van der Waals surface area contributed by atoms with Gasteiger partial charge in [0.05, 0.1) is 0 Å². The Bertz CT molecular complexity index is 344.